The molecule has 0 radical (unpaired) electrons. The maximum absolute atomic E-state index is 13.4. The average Bonchev–Trinajstić information content (AvgIpc) is 3.79. The molecule has 4 aromatic rings. The summed E-state index contributed by atoms with van der Waals surface area (Å²) in [6, 6.07) is 17.1. The van der Waals surface area contributed by atoms with Crippen LogP contribution in [0.5, 0.6) is 0 Å². The molecule has 276 valence electrons. The lowest BCUT2D eigenvalue weighted by Gasteiger charge is -2.35. The topological polar surface area (TPSA) is 216 Å². The van der Waals surface area contributed by atoms with E-state index in [1.807, 2.05) is 14.1 Å². The summed E-state index contributed by atoms with van der Waals surface area (Å²) < 4.78 is 1.24. The van der Waals surface area contributed by atoms with Crippen LogP contribution in [-0.4, -0.2) is 104 Å². The molecule has 0 saturated carbocycles. The number of benzene rings is 3. The van der Waals surface area contributed by atoms with E-state index in [0.717, 1.165) is 18.4 Å². The van der Waals surface area contributed by atoms with Crippen LogP contribution in [0.3, 0.4) is 0 Å². The van der Waals surface area contributed by atoms with Crippen molar-refractivity contribution in [1.82, 2.24) is 40.6 Å². The van der Waals surface area contributed by atoms with Gasteiger partial charge in [-0.25, -0.2) is 9.59 Å². The molecule has 2 unspecified atom stereocenters. The van der Waals surface area contributed by atoms with E-state index in [2.05, 4.69) is 47.0 Å². The van der Waals surface area contributed by atoms with Crippen LogP contribution in [0.1, 0.15) is 36.4 Å². The van der Waals surface area contributed by atoms with Crippen LogP contribution in [0.2, 0.25) is 5.02 Å². The van der Waals surface area contributed by atoms with E-state index in [9.17, 15) is 29.1 Å². The predicted octanol–water partition coefficient (Wildman–Crippen LogP) is 2.63. The molecule has 1 aromatic heterocycles. The monoisotopic (exact) mass is 743 g/mol. The number of hydrogen-bond acceptors (Lipinski definition) is 10. The number of carbonyl (C=O) groups excluding carboxylic acids is 4. The van der Waals surface area contributed by atoms with E-state index in [0.29, 0.717) is 48.2 Å². The van der Waals surface area contributed by atoms with Crippen LogP contribution in [0, 0.1) is 0 Å². The Morgan fingerprint density at radius 1 is 0.981 bits per heavy atom. The van der Waals surface area contributed by atoms with E-state index in [1.165, 1.54) is 29.2 Å². The first kappa shape index (κ1) is 36.7. The van der Waals surface area contributed by atoms with Crippen molar-refractivity contribution >= 4 is 58.4 Å². The van der Waals surface area contributed by atoms with E-state index >= 15 is 0 Å². The van der Waals surface area contributed by atoms with Gasteiger partial charge in [-0.05, 0) is 85.7 Å². The number of tetrazole rings is 1. The summed E-state index contributed by atoms with van der Waals surface area (Å²) in [6.07, 6.45) is 3.38. The Hall–Kier alpha value is -6.07. The zero-order valence-electron chi connectivity index (χ0n) is 28.9. The molecule has 17 nitrogen and oxygen atoms in total. The highest BCUT2D eigenvalue weighted by Crippen LogP contribution is 2.40. The van der Waals surface area contributed by atoms with E-state index < -0.39 is 35.4 Å². The van der Waals surface area contributed by atoms with Gasteiger partial charge in [0.15, 0.2) is 0 Å². The minimum Gasteiger partial charge on any atom is -0.478 e. The smallest absolute Gasteiger partial charge is 0.353 e. The van der Waals surface area contributed by atoms with E-state index in [1.54, 1.807) is 53.4 Å². The molecule has 53 heavy (non-hydrogen) atoms. The number of nitrogens with one attached hydrogen (secondary N) is 5. The first-order valence-electron chi connectivity index (χ1n) is 16.8. The fourth-order valence-corrected chi connectivity index (χ4v) is 6.60. The van der Waals surface area contributed by atoms with Crippen molar-refractivity contribution in [3.05, 3.63) is 89.2 Å². The number of halogens is 1. The van der Waals surface area contributed by atoms with Gasteiger partial charge in [-0.2, -0.15) is 4.68 Å². The number of likely N-dealkylation sites (tertiary alicyclic amines) is 1. The normalized spacial score (nSPS) is 18.1. The van der Waals surface area contributed by atoms with Crippen molar-refractivity contribution < 1.29 is 29.1 Å². The van der Waals surface area contributed by atoms with Crippen molar-refractivity contribution in [3.63, 3.8) is 0 Å². The summed E-state index contributed by atoms with van der Waals surface area (Å²) in [6.45, 7) is 1.35. The molecule has 1 saturated heterocycles. The van der Waals surface area contributed by atoms with Crippen molar-refractivity contribution in [3.8, 4) is 5.69 Å². The van der Waals surface area contributed by atoms with Crippen molar-refractivity contribution in [2.75, 3.05) is 43.1 Å². The molecule has 6 N–H and O–H groups in total. The number of nitrogens with zero attached hydrogens (tertiary/aromatic N) is 6. The number of piperidine rings is 1. The number of anilines is 3. The molecule has 2 aliphatic heterocycles. The van der Waals surface area contributed by atoms with Gasteiger partial charge in [0.1, 0.15) is 12.4 Å². The summed E-state index contributed by atoms with van der Waals surface area (Å²) in [7, 11) is 4.09. The zero-order chi connectivity index (χ0) is 37.7. The second kappa shape index (κ2) is 15.7. The number of aryl methyl sites for hydroxylation is 1. The number of amides is 5. The number of carboxylic acid groups (broad SMARTS) is 1. The maximum atomic E-state index is 13.4. The van der Waals surface area contributed by atoms with Gasteiger partial charge in [0, 0.05) is 47.5 Å². The Morgan fingerprint density at radius 2 is 1.72 bits per heavy atom. The first-order chi connectivity index (χ1) is 25.4. The highest BCUT2D eigenvalue weighted by Gasteiger charge is 2.55. The lowest BCUT2D eigenvalue weighted by molar-refractivity contribution is -0.149. The van der Waals surface area contributed by atoms with Crippen LogP contribution in [0.15, 0.2) is 73.1 Å². The Kier molecular flexibility index (Phi) is 10.9. The van der Waals surface area contributed by atoms with Gasteiger partial charge in [-0.3, -0.25) is 14.4 Å². The number of aromatic nitrogens is 4. The molecular formula is C35H38ClN11O6. The molecule has 0 spiro atoms. The van der Waals surface area contributed by atoms with Crippen molar-refractivity contribution in [1.29, 1.82) is 0 Å². The van der Waals surface area contributed by atoms with E-state index in [-0.39, 0.29) is 23.2 Å². The van der Waals surface area contributed by atoms with Crippen LogP contribution in [0.25, 0.3) is 5.69 Å². The Bertz CT molecular complexity index is 2000. The third-order valence-corrected chi connectivity index (χ3v) is 9.56. The number of urea groups is 1. The van der Waals surface area contributed by atoms with Crippen LogP contribution < -0.4 is 26.6 Å². The standard InChI is InChI=1S/C35H38ClN11O6/c1-45(2)24-15-17-46(18-16-24)34(53)38-23-11-7-21(8-12-23)9-14-29(48)40-30-25-5-3-4-6-26(25)41-35(30,33(51)52)42-32(50)31(49)39-27-19-22(36)10-13-28(27)47-20-37-43-44-47/h3-8,10-13,19-20,24,30,41H,9,14-18H2,1-2H3,(H,38,53)(H,39,49)(H,40,48)(H,42,50)(H,51,52). The minimum atomic E-state index is -2.33. The molecule has 18 heteroatoms. The molecular weight excluding hydrogens is 706 g/mol. The van der Waals surface area contributed by atoms with Gasteiger partial charge in [0.05, 0.1) is 11.4 Å². The number of fused-ring (bicyclic) bond motifs is 1. The minimum absolute atomic E-state index is 0.0238. The van der Waals surface area contributed by atoms with Crippen molar-refractivity contribution in [2.24, 2.45) is 0 Å². The number of para-hydroxylation sites is 1. The summed E-state index contributed by atoms with van der Waals surface area (Å²) in [5.41, 5.74) is 0.216. The predicted molar refractivity (Wildman–Crippen MR) is 194 cm³/mol. The third kappa shape index (κ3) is 8.21. The maximum Gasteiger partial charge on any atom is 0.353 e. The lowest BCUT2D eigenvalue weighted by Crippen LogP contribution is -2.65. The molecule has 5 amide bonds. The highest BCUT2D eigenvalue weighted by molar-refractivity contribution is 6.40. The molecule has 1 fully saturated rings. The number of rotatable bonds is 10. The fourth-order valence-electron chi connectivity index (χ4n) is 6.43. The third-order valence-electron chi connectivity index (χ3n) is 9.33. The number of hydrogen-bond donors (Lipinski definition) is 6. The summed E-state index contributed by atoms with van der Waals surface area (Å²) in [5.74, 6) is -4.56. The Balaban J connectivity index is 1.10. The lowest BCUT2D eigenvalue weighted by atomic mass is 9.96. The summed E-state index contributed by atoms with van der Waals surface area (Å²) in [4.78, 5) is 69.6. The van der Waals surface area contributed by atoms with Gasteiger partial charge < -0.3 is 41.5 Å². The largest absolute Gasteiger partial charge is 0.478 e. The molecule has 6 rings (SSSR count). The molecule has 2 atom stereocenters. The summed E-state index contributed by atoms with van der Waals surface area (Å²) >= 11 is 6.13. The molecule has 0 bridgehead atoms. The quantitative estimate of drug-likeness (QED) is 0.130. The van der Waals surface area contributed by atoms with Crippen LogP contribution in [-0.2, 0) is 25.6 Å². The SMILES string of the molecule is CN(C)C1CCN(C(=O)Nc2ccc(CCC(=O)NC3c4ccccc4NC3(NC(=O)C(=O)Nc3cc(Cl)ccc3-n3cnnn3)C(=O)O)cc2)CC1. The molecule has 3 heterocycles. The number of aliphatic carboxylic acids is 1. The Morgan fingerprint density at radius 3 is 2.40 bits per heavy atom. The van der Waals surface area contributed by atoms with Gasteiger partial charge in [0.2, 0.25) is 11.6 Å². The number of carboxylic acids is 1. The van der Waals surface area contributed by atoms with Gasteiger partial charge in [0.25, 0.3) is 0 Å². The van der Waals surface area contributed by atoms with E-state index in [4.69, 9.17) is 11.6 Å². The average molecular weight is 744 g/mol. The van der Waals surface area contributed by atoms with Crippen molar-refractivity contribution in [2.45, 2.75) is 43.4 Å². The fraction of sp³-hybridized carbons (Fsp3) is 0.314. The second-order valence-corrected chi connectivity index (χ2v) is 13.4. The van der Waals surface area contributed by atoms with Gasteiger partial charge in [-0.1, -0.05) is 41.9 Å². The highest BCUT2D eigenvalue weighted by atomic mass is 35.5. The summed E-state index contributed by atoms with van der Waals surface area (Å²) in [5, 5.41) is 34.9. The number of carbonyl (C=O) groups is 5. The second-order valence-electron chi connectivity index (χ2n) is 13.0. The Labute approximate surface area is 309 Å². The van der Waals surface area contributed by atoms with Crippen LogP contribution >= 0.6 is 11.6 Å². The molecule has 3 aromatic carbocycles. The molecule has 2 aliphatic rings. The van der Waals surface area contributed by atoms with Crippen LogP contribution in [0.4, 0.5) is 21.9 Å². The van der Waals surface area contributed by atoms with Gasteiger partial charge in [-0.15, -0.1) is 5.10 Å². The molecule has 0 aliphatic carbocycles. The first-order valence-corrected chi connectivity index (χ1v) is 17.2. The zero-order valence-corrected chi connectivity index (χ0v) is 29.6. The van der Waals surface area contributed by atoms with Gasteiger partial charge >= 0.3 is 23.8 Å².